The molecule has 4 heterocycles. The van der Waals surface area contributed by atoms with Crippen LogP contribution in [0.1, 0.15) is 358 Å². The van der Waals surface area contributed by atoms with Gasteiger partial charge >= 0.3 is 83.8 Å². The summed E-state index contributed by atoms with van der Waals surface area (Å²) in [6, 6.07) is 0. The lowest BCUT2D eigenvalue weighted by Crippen LogP contribution is -2.61. The van der Waals surface area contributed by atoms with Crippen molar-refractivity contribution in [2.24, 2.45) is 144 Å². The van der Waals surface area contributed by atoms with E-state index in [0.717, 1.165) is 94.3 Å². The van der Waals surface area contributed by atoms with Gasteiger partial charge in [-0.25, -0.2) is 24.0 Å². The zero-order chi connectivity index (χ0) is 107. The van der Waals surface area contributed by atoms with Crippen LogP contribution in [0.4, 0.5) is 4.79 Å². The molecule has 18 unspecified atom stereocenters. The highest BCUT2D eigenvalue weighted by Gasteiger charge is 2.69. The van der Waals surface area contributed by atoms with E-state index in [9.17, 15) is 80.6 Å². The number of rotatable bonds is 31. The highest BCUT2D eigenvalue weighted by molar-refractivity contribution is 7.87. The molecule has 33 nitrogen and oxygen atoms in total. The van der Waals surface area contributed by atoms with Crippen molar-refractivity contribution in [2.45, 2.75) is 429 Å². The quantitative estimate of drug-likeness (QED) is 0.0291. The highest BCUT2D eigenvalue weighted by Crippen LogP contribution is 2.65. The van der Waals surface area contributed by atoms with Gasteiger partial charge in [0, 0.05) is 48.3 Å². The third kappa shape index (κ3) is 24.9. The maximum Gasteiger partial charge on any atom is 0.508 e. The summed E-state index contributed by atoms with van der Waals surface area (Å²) in [7, 11) is -3.54. The molecule has 4 aliphatic heterocycles. The van der Waals surface area contributed by atoms with Crippen LogP contribution in [0.2, 0.25) is 0 Å². The van der Waals surface area contributed by atoms with E-state index in [-0.39, 0.29) is 175 Å². The van der Waals surface area contributed by atoms with Crippen molar-refractivity contribution in [2.75, 3.05) is 39.6 Å². The normalized spacial score (nSPS) is 36.7. The molecule has 34 heteroatoms. The molecule has 0 radical (unpaired) electrons. The van der Waals surface area contributed by atoms with Gasteiger partial charge in [-0.15, -0.1) is 0 Å². The number of carbonyl (C=O) groups is 14. The number of cyclic esters (lactones) is 1. The van der Waals surface area contributed by atoms with Crippen LogP contribution in [0.15, 0.2) is 0 Å². The summed E-state index contributed by atoms with van der Waals surface area (Å²) in [4.78, 5) is 166. The number of ether oxygens (including phenoxy) is 15. The topological polar surface area (TPSA) is 441 Å². The summed E-state index contributed by atoms with van der Waals surface area (Å²) in [5, 5.41) is 10.2. The van der Waals surface area contributed by atoms with Crippen LogP contribution in [0.5, 0.6) is 0 Å². The molecule has 0 aromatic rings. The number of carbonyl (C=O) groups excluding carboxylic acids is 14. The van der Waals surface area contributed by atoms with E-state index in [2.05, 4.69) is 20.8 Å². The van der Waals surface area contributed by atoms with Crippen LogP contribution in [-0.4, -0.2) is 207 Å². The van der Waals surface area contributed by atoms with Crippen molar-refractivity contribution in [1.29, 1.82) is 0 Å². The predicted octanol–water partition coefficient (Wildman–Crippen LogP) is 17.2. The van der Waals surface area contributed by atoms with Crippen LogP contribution in [0.3, 0.4) is 0 Å². The second-order valence-corrected chi connectivity index (χ2v) is 52.8. The lowest BCUT2D eigenvalue weighted by atomic mass is 9.49. The molecule has 1 N–H and O–H groups in total. The van der Waals surface area contributed by atoms with Gasteiger partial charge in [-0.2, -0.15) is 8.42 Å². The Balaban J connectivity index is 0.000000142. The summed E-state index contributed by atoms with van der Waals surface area (Å²) in [5.74, 6) is 3.42. The molecule has 4 saturated heterocycles. The Morgan fingerprint density at radius 2 is 0.738 bits per heavy atom. The molecule has 22 rings (SSSR count). The zero-order valence-electron chi connectivity index (χ0n) is 90.6. The zero-order valence-corrected chi connectivity index (χ0v) is 91.4. The largest absolute Gasteiger partial charge is 0.508 e. The molecule has 18 aliphatic carbocycles. The van der Waals surface area contributed by atoms with Gasteiger partial charge in [-0.3, -0.25) is 47.3 Å². The van der Waals surface area contributed by atoms with Gasteiger partial charge in [0.15, 0.2) is 19.8 Å². The van der Waals surface area contributed by atoms with Gasteiger partial charge in [0.05, 0.1) is 67.2 Å². The lowest BCUT2D eigenvalue weighted by molar-refractivity contribution is -0.225. The molecule has 0 aromatic carbocycles. The standard InChI is InChI=1S/C19H30O4.C18H30O2.C16H24O8S.2C16H22O6.C16H26O3.C10H16O4/c1-5-18(2,3)17(21)22-11-16(20)23-19(4)14-7-12-6-13(9-14)10-15(19)8-12;1-5-17(3,4)16(19)20-18(6-2)14-8-12-7-13(10-14)11-15(18)9-12;1-4-16(2,3)14(17)21-5-6-22-15(18)23-12-9-7-10-11(8-9)25(19,20)24-13(10)12;2*1-4-16(2,3)15(19)20-7-11(17)21-12-8-5-9-10(6-8)14(18)22-13(9)12;1-4-14(2,3)13(17)19-16-8-11-5-12(9-16)7-15(18,6-11)10-16;1-4-10(2,3)9(12)14-7-5-6-13-8(7)11/h12-15H,5-11H2,1-4H3;12-15H,5-11H2,1-4H3;9-13H,4-8H2,1-3H3;2*8-10,12-13H,4-7H2,1-3H3;11-12,18H,4-10H2,1-3H3;7H,4-6H2,1-3H3. The van der Waals surface area contributed by atoms with E-state index in [4.69, 9.17) is 75.2 Å². The Kier molecular flexibility index (Phi) is 34.9. The fourth-order valence-corrected chi connectivity index (χ4v) is 29.1. The maximum atomic E-state index is 12.6. The minimum absolute atomic E-state index is 0.00636. The first-order chi connectivity index (χ1) is 67.7. The fraction of sp³-hybridized carbons (Fsp3) is 0.874. The minimum atomic E-state index is -3.54. The molecule has 0 amide bonds. The van der Waals surface area contributed by atoms with Crippen LogP contribution in [0.25, 0.3) is 0 Å². The first-order valence-corrected chi connectivity index (χ1v) is 56.2. The Morgan fingerprint density at radius 1 is 0.372 bits per heavy atom. The summed E-state index contributed by atoms with van der Waals surface area (Å²) >= 11 is 0. The molecule has 22 aliphatic rings. The summed E-state index contributed by atoms with van der Waals surface area (Å²) < 4.78 is 109. The highest BCUT2D eigenvalue weighted by atomic mass is 32.2. The van der Waals surface area contributed by atoms with Crippen molar-refractivity contribution in [3.8, 4) is 0 Å². The number of aliphatic hydroxyl groups is 1. The van der Waals surface area contributed by atoms with E-state index >= 15 is 0 Å². The first kappa shape index (κ1) is 114. The van der Waals surface area contributed by atoms with Gasteiger partial charge < -0.3 is 76.2 Å². The number of esters is 13. The molecule has 0 spiro atoms. The van der Waals surface area contributed by atoms with Gasteiger partial charge in [-0.05, 0) is 349 Å². The van der Waals surface area contributed by atoms with Crippen molar-refractivity contribution in [3.05, 3.63) is 0 Å². The van der Waals surface area contributed by atoms with Gasteiger partial charge in [0.1, 0.15) is 66.6 Å². The third-order valence-corrected chi connectivity index (χ3v) is 40.2. The van der Waals surface area contributed by atoms with Gasteiger partial charge in [-0.1, -0.05) is 55.4 Å². The minimum Gasteiger partial charge on any atom is -0.463 e. The average molecular weight is 2060 g/mol. The average Bonchev–Trinajstić information content (AvgIpc) is 1.39. The van der Waals surface area contributed by atoms with Crippen LogP contribution in [0, 0.1) is 144 Å². The van der Waals surface area contributed by atoms with Gasteiger partial charge in [0.25, 0.3) is 10.1 Å². The van der Waals surface area contributed by atoms with E-state index < -0.39 is 108 Å². The van der Waals surface area contributed by atoms with Crippen molar-refractivity contribution >= 4 is 93.9 Å². The first-order valence-electron chi connectivity index (χ1n) is 54.7. The molecule has 18 saturated carbocycles. The van der Waals surface area contributed by atoms with Gasteiger partial charge in [0.2, 0.25) is 6.10 Å². The van der Waals surface area contributed by atoms with Crippen molar-refractivity contribution in [1.82, 2.24) is 0 Å². The molecule has 22 fully saturated rings. The SMILES string of the molecule is CCC(C)(C)C(=O)OC1(CC)C2CC3CC(C2)CC1C3.CCC(C)(C)C(=O)OC12CC3CC(CC(O)(C3)C1)C2.CCC(C)(C)C(=O)OC1CCOC1=O.CCC(C)(C)C(=O)OCC(=O)OC1(C)C2CC3CC(C2)CC1C3.CCC(C)(C)C(=O)OCC(=O)OC1C2CC3C(=O)OC1C3C2.CCC(C)(C)C(=O)OCC(=O)OC1C2CC3C(=O)OC1C3C2.CCC(C)(C)C(=O)OCCOC(=O)OC1C2CC3C1OS(=O)(=O)C3C2. The monoisotopic (exact) mass is 2060 g/mol. The Hall–Kier alpha value is -7.75. The number of hydrogen-bond donors (Lipinski definition) is 1. The number of hydrogen-bond acceptors (Lipinski definition) is 33. The second-order valence-electron chi connectivity index (χ2n) is 51.0. The predicted molar refractivity (Wildman–Crippen MR) is 523 cm³/mol. The van der Waals surface area contributed by atoms with Crippen LogP contribution < -0.4 is 0 Å². The Morgan fingerprint density at radius 3 is 1.14 bits per heavy atom. The molecule has 18 bridgehead atoms. The molecule has 0 aromatic heterocycles. The molecular formula is C111H170O33S. The molecular weight excluding hydrogens is 1890 g/mol. The van der Waals surface area contributed by atoms with Crippen molar-refractivity contribution < 1.29 is 156 Å². The maximum absolute atomic E-state index is 12.6. The van der Waals surface area contributed by atoms with E-state index in [0.29, 0.717) is 99.9 Å². The van der Waals surface area contributed by atoms with E-state index in [1.165, 1.54) is 70.6 Å². The molecule has 145 heavy (non-hydrogen) atoms. The van der Waals surface area contributed by atoms with Crippen molar-refractivity contribution in [3.63, 3.8) is 0 Å². The second kappa shape index (κ2) is 44.3. The van der Waals surface area contributed by atoms with E-state index in [1.54, 1.807) is 55.4 Å². The lowest BCUT2D eigenvalue weighted by Gasteiger charge is -2.60. The fourth-order valence-electron chi connectivity index (χ4n) is 27.2. The number of fused-ring (bicyclic) bond motifs is 3. The third-order valence-electron chi connectivity index (χ3n) is 38.4. The Bertz CT molecular complexity index is 4700. The van der Waals surface area contributed by atoms with Crippen LogP contribution >= 0.6 is 0 Å². The summed E-state index contributed by atoms with van der Waals surface area (Å²) in [6.07, 6.45) is 25.1. The molecule has 18 atom stereocenters. The van der Waals surface area contributed by atoms with Crippen LogP contribution in [-0.2, 0) is 148 Å². The van der Waals surface area contributed by atoms with E-state index in [1.807, 2.05) is 83.1 Å². The molecule has 818 valence electrons. The summed E-state index contributed by atoms with van der Waals surface area (Å²) in [5.41, 5.74) is -5.01. The smallest absolute Gasteiger partial charge is 0.463 e. The Labute approximate surface area is 858 Å². The summed E-state index contributed by atoms with van der Waals surface area (Å²) in [6.45, 7) is 43.0.